The zero-order chi connectivity index (χ0) is 11.1. The van der Waals surface area contributed by atoms with Gasteiger partial charge in [0.15, 0.2) is 0 Å². The van der Waals surface area contributed by atoms with Gasteiger partial charge in [0, 0.05) is 6.42 Å². The normalized spacial score (nSPS) is 21.4. The summed E-state index contributed by atoms with van der Waals surface area (Å²) in [5.41, 5.74) is 2.76. The number of aliphatic imine (C=N–C) groups is 1. The molecule has 0 saturated heterocycles. The molecule has 3 N–H and O–H groups in total. The molecule has 0 spiro atoms. The van der Waals surface area contributed by atoms with Crippen molar-refractivity contribution in [1.82, 2.24) is 5.43 Å². The van der Waals surface area contributed by atoms with Crippen LogP contribution in [0.25, 0.3) is 0 Å². The van der Waals surface area contributed by atoms with Crippen molar-refractivity contribution in [1.29, 1.82) is 0 Å². The minimum Gasteiger partial charge on any atom is -0.312 e. The third-order valence-electron chi connectivity index (χ3n) is 3.32. The Morgan fingerprint density at radius 2 is 2.07 bits per heavy atom. The molecular weight excluding hydrogens is 186 g/mol. The fourth-order valence-electron chi connectivity index (χ4n) is 2.05. The smallest absolute Gasteiger partial charge is 0.111 e. The van der Waals surface area contributed by atoms with Gasteiger partial charge in [-0.2, -0.15) is 0 Å². The lowest BCUT2D eigenvalue weighted by atomic mass is 9.96. The maximum absolute atomic E-state index is 5.51. The molecule has 0 aromatic heterocycles. The van der Waals surface area contributed by atoms with Crippen molar-refractivity contribution in [3.63, 3.8) is 0 Å². The number of rotatable bonds is 4. The maximum Gasteiger partial charge on any atom is 0.111 e. The zero-order valence-electron chi connectivity index (χ0n) is 10.1. The van der Waals surface area contributed by atoms with Gasteiger partial charge in [0.25, 0.3) is 0 Å². The van der Waals surface area contributed by atoms with E-state index in [0.717, 1.165) is 12.3 Å². The van der Waals surface area contributed by atoms with Crippen LogP contribution in [0.2, 0.25) is 0 Å². The van der Waals surface area contributed by atoms with Crippen LogP contribution in [-0.2, 0) is 0 Å². The Kier molecular flexibility index (Phi) is 5.69. The minimum atomic E-state index is 0.522. The van der Waals surface area contributed by atoms with Crippen molar-refractivity contribution >= 4 is 5.84 Å². The Hall–Kier alpha value is -0.570. The van der Waals surface area contributed by atoms with E-state index < -0.39 is 0 Å². The number of hydrazine groups is 1. The van der Waals surface area contributed by atoms with E-state index in [0.29, 0.717) is 12.0 Å². The molecule has 1 rings (SSSR count). The van der Waals surface area contributed by atoms with E-state index >= 15 is 0 Å². The van der Waals surface area contributed by atoms with Crippen molar-refractivity contribution in [3.05, 3.63) is 0 Å². The summed E-state index contributed by atoms with van der Waals surface area (Å²) in [6.07, 6.45) is 8.69. The summed E-state index contributed by atoms with van der Waals surface area (Å²) in [6, 6.07) is 0.522. The van der Waals surface area contributed by atoms with Gasteiger partial charge in [-0.25, -0.2) is 5.84 Å². The van der Waals surface area contributed by atoms with Crippen LogP contribution in [-0.4, -0.2) is 11.9 Å². The van der Waals surface area contributed by atoms with Crippen LogP contribution in [0, 0.1) is 5.92 Å². The number of hydrogen-bond donors (Lipinski definition) is 2. The summed E-state index contributed by atoms with van der Waals surface area (Å²) in [5.74, 6) is 7.18. The first-order valence-electron chi connectivity index (χ1n) is 6.29. The molecule has 0 aromatic carbocycles. The second-order valence-corrected chi connectivity index (χ2v) is 4.73. The molecule has 0 radical (unpaired) electrons. The van der Waals surface area contributed by atoms with E-state index in [1.807, 2.05) is 0 Å². The number of nitrogens with one attached hydrogen (secondary N) is 1. The minimum absolute atomic E-state index is 0.522. The molecule has 0 bridgehead atoms. The highest BCUT2D eigenvalue weighted by Crippen LogP contribution is 2.20. The lowest BCUT2D eigenvalue weighted by Gasteiger charge is -2.20. The van der Waals surface area contributed by atoms with Gasteiger partial charge in [-0.15, -0.1) is 0 Å². The molecule has 3 heteroatoms. The Balaban J connectivity index is 2.44. The van der Waals surface area contributed by atoms with Gasteiger partial charge in [0.2, 0.25) is 0 Å². The Labute approximate surface area is 93.5 Å². The molecule has 1 aliphatic rings. The highest BCUT2D eigenvalue weighted by Gasteiger charge is 2.13. The van der Waals surface area contributed by atoms with Gasteiger partial charge < -0.3 is 5.43 Å². The predicted molar refractivity (Wildman–Crippen MR) is 65.7 cm³/mol. The number of nitrogens with two attached hydrogens (primary N) is 1. The molecular formula is C12H25N3. The lowest BCUT2D eigenvalue weighted by molar-refractivity contribution is 0.440. The van der Waals surface area contributed by atoms with E-state index in [1.165, 1.54) is 38.5 Å². The first kappa shape index (κ1) is 12.5. The van der Waals surface area contributed by atoms with Gasteiger partial charge in [0.1, 0.15) is 5.84 Å². The standard InChI is InChI=1S/C12H25N3/c1-3-10(2)9-12(15-13)14-11-7-5-4-6-8-11/h10-11H,3-9,13H2,1-2H3,(H,14,15). The largest absolute Gasteiger partial charge is 0.312 e. The third kappa shape index (κ3) is 4.65. The Morgan fingerprint density at radius 1 is 1.40 bits per heavy atom. The average molecular weight is 211 g/mol. The third-order valence-corrected chi connectivity index (χ3v) is 3.32. The van der Waals surface area contributed by atoms with Gasteiger partial charge in [-0.05, 0) is 18.8 Å². The fourth-order valence-corrected chi connectivity index (χ4v) is 2.05. The zero-order valence-corrected chi connectivity index (χ0v) is 10.1. The maximum atomic E-state index is 5.51. The SMILES string of the molecule is CCC(C)CC(=NC1CCCCC1)NN. The summed E-state index contributed by atoms with van der Waals surface area (Å²) in [5, 5.41) is 0. The average Bonchev–Trinajstić information content (AvgIpc) is 2.29. The van der Waals surface area contributed by atoms with Crippen LogP contribution in [0.3, 0.4) is 0 Å². The quantitative estimate of drug-likeness (QED) is 0.325. The number of amidine groups is 1. The van der Waals surface area contributed by atoms with E-state index in [-0.39, 0.29) is 0 Å². The van der Waals surface area contributed by atoms with E-state index in [9.17, 15) is 0 Å². The molecule has 0 aliphatic heterocycles. The highest BCUT2D eigenvalue weighted by molar-refractivity contribution is 5.81. The second-order valence-electron chi connectivity index (χ2n) is 4.73. The summed E-state index contributed by atoms with van der Waals surface area (Å²) in [4.78, 5) is 4.72. The molecule has 1 fully saturated rings. The molecule has 0 amide bonds. The Bertz CT molecular complexity index is 195. The molecule has 1 saturated carbocycles. The van der Waals surface area contributed by atoms with Crippen molar-refractivity contribution in [2.24, 2.45) is 16.8 Å². The van der Waals surface area contributed by atoms with E-state index in [2.05, 4.69) is 19.3 Å². The fraction of sp³-hybridized carbons (Fsp3) is 0.917. The summed E-state index contributed by atoms with van der Waals surface area (Å²) in [7, 11) is 0. The van der Waals surface area contributed by atoms with Crippen molar-refractivity contribution in [2.45, 2.75) is 64.8 Å². The number of hydrogen-bond acceptors (Lipinski definition) is 2. The van der Waals surface area contributed by atoms with Gasteiger partial charge in [-0.1, -0.05) is 39.5 Å². The van der Waals surface area contributed by atoms with Crippen molar-refractivity contribution in [3.8, 4) is 0 Å². The van der Waals surface area contributed by atoms with Crippen LogP contribution >= 0.6 is 0 Å². The van der Waals surface area contributed by atoms with Crippen molar-refractivity contribution in [2.75, 3.05) is 0 Å². The van der Waals surface area contributed by atoms with Crippen molar-refractivity contribution < 1.29 is 0 Å². The van der Waals surface area contributed by atoms with Gasteiger partial charge in [0.05, 0.1) is 6.04 Å². The highest BCUT2D eigenvalue weighted by atomic mass is 15.3. The molecule has 3 nitrogen and oxygen atoms in total. The van der Waals surface area contributed by atoms with Crippen LogP contribution in [0.15, 0.2) is 4.99 Å². The summed E-state index contributed by atoms with van der Waals surface area (Å²) < 4.78 is 0. The molecule has 1 unspecified atom stereocenters. The molecule has 15 heavy (non-hydrogen) atoms. The summed E-state index contributed by atoms with van der Waals surface area (Å²) in [6.45, 7) is 4.45. The van der Waals surface area contributed by atoms with Crippen LogP contribution in [0.5, 0.6) is 0 Å². The topological polar surface area (TPSA) is 50.4 Å². The van der Waals surface area contributed by atoms with Crippen LogP contribution in [0.4, 0.5) is 0 Å². The van der Waals surface area contributed by atoms with Crippen LogP contribution in [0.1, 0.15) is 58.8 Å². The molecule has 0 aromatic rings. The molecule has 88 valence electrons. The molecule has 1 aliphatic carbocycles. The van der Waals surface area contributed by atoms with Gasteiger partial charge in [-0.3, -0.25) is 4.99 Å². The first-order valence-corrected chi connectivity index (χ1v) is 6.29. The monoisotopic (exact) mass is 211 g/mol. The van der Waals surface area contributed by atoms with Gasteiger partial charge >= 0.3 is 0 Å². The Morgan fingerprint density at radius 3 is 2.60 bits per heavy atom. The second kappa shape index (κ2) is 6.83. The summed E-state index contributed by atoms with van der Waals surface area (Å²) >= 11 is 0. The van der Waals surface area contributed by atoms with E-state index in [4.69, 9.17) is 10.8 Å². The molecule has 1 atom stereocenters. The first-order chi connectivity index (χ1) is 7.26. The van der Waals surface area contributed by atoms with Crippen LogP contribution < -0.4 is 11.3 Å². The van der Waals surface area contributed by atoms with E-state index in [1.54, 1.807) is 0 Å². The molecule has 0 heterocycles. The predicted octanol–water partition coefficient (Wildman–Crippen LogP) is 2.62. The number of nitrogens with zero attached hydrogens (tertiary/aromatic N) is 1. The lowest BCUT2D eigenvalue weighted by Crippen LogP contribution is -2.33.